The van der Waals surface area contributed by atoms with Gasteiger partial charge in [0.2, 0.25) is 0 Å². The van der Waals surface area contributed by atoms with E-state index in [0.29, 0.717) is 6.54 Å². The number of carbonyl (C=O) groups is 1. The number of hydrogen-bond donors (Lipinski definition) is 1. The van der Waals surface area contributed by atoms with Crippen molar-refractivity contribution in [3.8, 4) is 0 Å². The van der Waals surface area contributed by atoms with E-state index in [2.05, 4.69) is 27.0 Å². The van der Waals surface area contributed by atoms with Crippen LogP contribution in [0.3, 0.4) is 0 Å². The lowest BCUT2D eigenvalue weighted by atomic mass is 10.1. The molecule has 0 aliphatic carbocycles. The Morgan fingerprint density at radius 2 is 2.40 bits per heavy atom. The smallest absolute Gasteiger partial charge is 0.318 e. The summed E-state index contributed by atoms with van der Waals surface area (Å²) in [4.78, 5) is 15.6. The molecule has 0 spiro atoms. The highest BCUT2D eigenvalue weighted by Crippen LogP contribution is 2.24. The first-order chi connectivity index (χ1) is 9.65. The van der Waals surface area contributed by atoms with E-state index in [0.717, 1.165) is 18.8 Å². The Morgan fingerprint density at radius 1 is 1.55 bits per heavy atom. The summed E-state index contributed by atoms with van der Waals surface area (Å²) >= 11 is 1.77. The molecular formula is C13H17N5OS. The minimum Gasteiger partial charge on any atom is -0.328 e. The lowest BCUT2D eigenvalue weighted by molar-refractivity contribution is 0.189. The fraction of sp³-hybridized carbons (Fsp3) is 0.462. The Bertz CT molecular complexity index is 620. The quantitative estimate of drug-likeness (QED) is 0.916. The van der Waals surface area contributed by atoms with Crippen LogP contribution in [0, 0.1) is 0 Å². The molecule has 20 heavy (non-hydrogen) atoms. The number of aryl methyl sites for hydroxylation is 1. The maximum absolute atomic E-state index is 12.3. The summed E-state index contributed by atoms with van der Waals surface area (Å²) in [5.41, 5.74) is 1.27. The molecule has 0 aromatic carbocycles. The highest BCUT2D eigenvalue weighted by atomic mass is 32.1. The predicted molar refractivity (Wildman–Crippen MR) is 76.4 cm³/mol. The van der Waals surface area contributed by atoms with E-state index in [1.54, 1.807) is 17.7 Å². The molecule has 7 heteroatoms. The molecule has 0 radical (unpaired) electrons. The van der Waals surface area contributed by atoms with Crippen molar-refractivity contribution in [1.82, 2.24) is 25.0 Å². The van der Waals surface area contributed by atoms with Gasteiger partial charge in [0.1, 0.15) is 6.33 Å². The number of nitrogens with one attached hydrogen (secondary N) is 1. The number of aromatic nitrogens is 3. The second-order valence-electron chi connectivity index (χ2n) is 5.01. The first-order valence-electron chi connectivity index (χ1n) is 6.59. The molecule has 2 aromatic rings. The third kappa shape index (κ3) is 2.40. The maximum Gasteiger partial charge on any atom is 0.318 e. The van der Waals surface area contributed by atoms with E-state index in [9.17, 15) is 4.79 Å². The van der Waals surface area contributed by atoms with Gasteiger partial charge >= 0.3 is 6.03 Å². The van der Waals surface area contributed by atoms with Gasteiger partial charge in [-0.3, -0.25) is 0 Å². The van der Waals surface area contributed by atoms with Gasteiger partial charge in [-0.15, -0.1) is 21.5 Å². The summed E-state index contributed by atoms with van der Waals surface area (Å²) < 4.78 is 1.82. The van der Waals surface area contributed by atoms with Crippen LogP contribution in [0.15, 0.2) is 17.8 Å². The van der Waals surface area contributed by atoms with Crippen molar-refractivity contribution in [2.45, 2.75) is 25.9 Å². The molecule has 2 aromatic heterocycles. The number of rotatable bonds is 2. The van der Waals surface area contributed by atoms with Gasteiger partial charge in [-0.25, -0.2) is 4.79 Å². The number of carbonyl (C=O) groups excluding carboxylic acids is 1. The van der Waals surface area contributed by atoms with Crippen molar-refractivity contribution in [3.63, 3.8) is 0 Å². The van der Waals surface area contributed by atoms with Gasteiger partial charge in [0, 0.05) is 25.0 Å². The molecule has 0 bridgehead atoms. The fourth-order valence-electron chi connectivity index (χ4n) is 2.45. The number of thiophene rings is 1. The van der Waals surface area contributed by atoms with Crippen LogP contribution in [0.5, 0.6) is 0 Å². The molecule has 1 atom stereocenters. The molecule has 1 aliphatic rings. The number of hydrogen-bond acceptors (Lipinski definition) is 4. The van der Waals surface area contributed by atoms with Gasteiger partial charge in [0.25, 0.3) is 0 Å². The third-order valence-electron chi connectivity index (χ3n) is 3.57. The minimum atomic E-state index is -0.154. The molecule has 3 heterocycles. The highest BCUT2D eigenvalue weighted by molar-refractivity contribution is 7.10. The summed E-state index contributed by atoms with van der Waals surface area (Å²) in [6, 6.07) is 1.90. The zero-order chi connectivity index (χ0) is 14.1. The van der Waals surface area contributed by atoms with Crippen molar-refractivity contribution in [1.29, 1.82) is 0 Å². The van der Waals surface area contributed by atoms with Gasteiger partial charge in [-0.05, 0) is 30.4 Å². The monoisotopic (exact) mass is 291 g/mol. The summed E-state index contributed by atoms with van der Waals surface area (Å²) in [5.74, 6) is 0.756. The molecule has 1 N–H and O–H groups in total. The summed E-state index contributed by atoms with van der Waals surface area (Å²) in [5, 5.41) is 12.9. The molecule has 0 fully saturated rings. The van der Waals surface area contributed by atoms with Gasteiger partial charge in [0.05, 0.1) is 6.04 Å². The molecule has 106 valence electrons. The molecular weight excluding hydrogens is 274 g/mol. The molecule has 1 aliphatic heterocycles. The van der Waals surface area contributed by atoms with Crippen molar-refractivity contribution >= 4 is 17.4 Å². The Morgan fingerprint density at radius 3 is 3.15 bits per heavy atom. The first kappa shape index (κ1) is 13.1. The van der Waals surface area contributed by atoms with Crippen LogP contribution in [0.25, 0.3) is 0 Å². The number of amides is 2. The zero-order valence-corrected chi connectivity index (χ0v) is 12.4. The largest absolute Gasteiger partial charge is 0.328 e. The van der Waals surface area contributed by atoms with Crippen molar-refractivity contribution < 1.29 is 4.79 Å². The van der Waals surface area contributed by atoms with Gasteiger partial charge in [0.15, 0.2) is 5.82 Å². The number of fused-ring (bicyclic) bond motifs is 1. The Balaban J connectivity index is 1.64. The van der Waals surface area contributed by atoms with E-state index < -0.39 is 0 Å². The van der Waals surface area contributed by atoms with E-state index in [-0.39, 0.29) is 12.1 Å². The minimum absolute atomic E-state index is 0.0441. The number of urea groups is 1. The SMILES string of the molecule is C[C@@H](NC(=O)N1CCc2sccc2C1)c1nncn1C. The van der Waals surface area contributed by atoms with Crippen molar-refractivity contribution in [3.05, 3.63) is 34.0 Å². The summed E-state index contributed by atoms with van der Waals surface area (Å²) in [6.45, 7) is 3.38. The molecule has 0 saturated carbocycles. The van der Waals surface area contributed by atoms with Gasteiger partial charge in [-0.1, -0.05) is 0 Å². The van der Waals surface area contributed by atoms with E-state index in [1.807, 2.05) is 23.4 Å². The normalized spacial score (nSPS) is 15.8. The third-order valence-corrected chi connectivity index (χ3v) is 4.59. The van der Waals surface area contributed by atoms with E-state index in [1.165, 1.54) is 10.4 Å². The van der Waals surface area contributed by atoms with Crippen LogP contribution >= 0.6 is 11.3 Å². The maximum atomic E-state index is 12.3. The molecule has 0 saturated heterocycles. The zero-order valence-electron chi connectivity index (χ0n) is 11.5. The molecule has 6 nitrogen and oxygen atoms in total. The van der Waals surface area contributed by atoms with E-state index in [4.69, 9.17) is 0 Å². The van der Waals surface area contributed by atoms with Crippen LogP contribution in [-0.2, 0) is 20.0 Å². The standard InChI is InChI=1S/C13H17N5OS/c1-9(12-16-14-8-17(12)2)15-13(19)18-5-3-11-10(7-18)4-6-20-11/h4,6,8-9H,3,5,7H2,1-2H3,(H,15,19)/t9-/m1/s1. The van der Waals surface area contributed by atoms with Gasteiger partial charge in [-0.2, -0.15) is 0 Å². The van der Waals surface area contributed by atoms with E-state index >= 15 is 0 Å². The van der Waals surface area contributed by atoms with Crippen molar-refractivity contribution in [2.24, 2.45) is 7.05 Å². The second kappa shape index (κ2) is 5.24. The topological polar surface area (TPSA) is 63.1 Å². The Labute approximate surface area is 121 Å². The lowest BCUT2D eigenvalue weighted by Gasteiger charge is -2.28. The summed E-state index contributed by atoms with van der Waals surface area (Å²) in [6.07, 6.45) is 2.58. The second-order valence-corrected chi connectivity index (χ2v) is 6.01. The highest BCUT2D eigenvalue weighted by Gasteiger charge is 2.23. The molecule has 0 unspecified atom stereocenters. The van der Waals surface area contributed by atoms with Crippen LogP contribution in [-0.4, -0.2) is 32.2 Å². The first-order valence-corrected chi connectivity index (χ1v) is 7.47. The average Bonchev–Trinajstić information content (AvgIpc) is 3.05. The van der Waals surface area contributed by atoms with Crippen molar-refractivity contribution in [2.75, 3.05) is 6.54 Å². The molecule has 2 amide bonds. The summed E-state index contributed by atoms with van der Waals surface area (Å²) in [7, 11) is 1.87. The molecule has 3 rings (SSSR count). The van der Waals surface area contributed by atoms with Crippen LogP contribution < -0.4 is 5.32 Å². The Kier molecular flexibility index (Phi) is 3.43. The fourth-order valence-corrected chi connectivity index (χ4v) is 3.34. The lowest BCUT2D eigenvalue weighted by Crippen LogP contribution is -2.43. The van der Waals surface area contributed by atoms with Crippen LogP contribution in [0.2, 0.25) is 0 Å². The Hall–Kier alpha value is -1.89. The van der Waals surface area contributed by atoms with Crippen LogP contribution in [0.4, 0.5) is 4.79 Å². The average molecular weight is 291 g/mol. The predicted octanol–water partition coefficient (Wildman–Crippen LogP) is 1.71. The van der Waals surface area contributed by atoms with Crippen LogP contribution in [0.1, 0.15) is 29.2 Å². The van der Waals surface area contributed by atoms with Gasteiger partial charge < -0.3 is 14.8 Å². The number of nitrogens with zero attached hydrogens (tertiary/aromatic N) is 4.